The zero-order chi connectivity index (χ0) is 13.7. The highest BCUT2D eigenvalue weighted by Gasteiger charge is 2.32. The van der Waals surface area contributed by atoms with Gasteiger partial charge in [-0.3, -0.25) is 4.79 Å². The fraction of sp³-hybridized carbons (Fsp3) is 0.400. The van der Waals surface area contributed by atoms with Crippen LogP contribution in [0.25, 0.3) is 0 Å². The largest absolute Gasteiger partial charge is 0.496 e. The third kappa shape index (κ3) is 3.83. The molecule has 0 saturated heterocycles. The van der Waals surface area contributed by atoms with E-state index in [9.17, 15) is 4.79 Å². The van der Waals surface area contributed by atoms with Crippen LogP contribution in [0.3, 0.4) is 0 Å². The maximum absolute atomic E-state index is 11.1. The lowest BCUT2D eigenvalue weighted by atomic mass is 10.1. The van der Waals surface area contributed by atoms with Gasteiger partial charge in [-0.25, -0.2) is 0 Å². The molecule has 0 unspecified atom stereocenters. The number of carbonyl (C=O) groups excluding carboxylic acids is 1. The fourth-order valence-electron chi connectivity index (χ4n) is 2.00. The summed E-state index contributed by atoms with van der Waals surface area (Å²) in [6.07, 6.45) is 2.41. The Morgan fingerprint density at radius 2 is 2.05 bits per heavy atom. The zero-order valence-corrected chi connectivity index (χ0v) is 11.1. The number of esters is 1. The molecule has 19 heavy (non-hydrogen) atoms. The summed E-state index contributed by atoms with van der Waals surface area (Å²) in [7, 11) is 0. The molecule has 3 atom stereocenters. The molecule has 0 amide bonds. The fourth-order valence-corrected chi connectivity index (χ4v) is 2.00. The Morgan fingerprint density at radius 1 is 1.32 bits per heavy atom. The Labute approximate surface area is 113 Å². The van der Waals surface area contributed by atoms with Gasteiger partial charge in [-0.2, -0.15) is 0 Å². The first-order chi connectivity index (χ1) is 9.16. The minimum absolute atomic E-state index is 0.155. The first-order valence-electron chi connectivity index (χ1n) is 6.31. The summed E-state index contributed by atoms with van der Waals surface area (Å²) in [5.74, 6) is -0.322. The van der Waals surface area contributed by atoms with Crippen molar-refractivity contribution in [1.29, 1.82) is 0 Å². The molecular weight excluding hydrogens is 244 g/mol. The van der Waals surface area contributed by atoms with Gasteiger partial charge in [0.15, 0.2) is 6.10 Å². The summed E-state index contributed by atoms with van der Waals surface area (Å²) >= 11 is 0. The predicted octanol–water partition coefficient (Wildman–Crippen LogP) is 2.44. The van der Waals surface area contributed by atoms with Crippen LogP contribution < -0.4 is 0 Å². The van der Waals surface area contributed by atoms with Crippen LogP contribution in [0, 0.1) is 0 Å². The molecule has 4 nitrogen and oxygen atoms in total. The number of rotatable bonds is 4. The van der Waals surface area contributed by atoms with Gasteiger partial charge in [0.25, 0.3) is 0 Å². The Kier molecular flexibility index (Phi) is 4.58. The van der Waals surface area contributed by atoms with Crippen LogP contribution in [-0.4, -0.2) is 24.3 Å². The van der Waals surface area contributed by atoms with Crippen molar-refractivity contribution in [3.05, 3.63) is 48.2 Å². The third-order valence-corrected chi connectivity index (χ3v) is 2.94. The molecule has 4 heteroatoms. The first kappa shape index (κ1) is 13.6. The number of hydrogen-bond acceptors (Lipinski definition) is 4. The van der Waals surface area contributed by atoms with Gasteiger partial charge in [-0.05, 0) is 18.6 Å². The van der Waals surface area contributed by atoms with Crippen molar-refractivity contribution < 1.29 is 19.0 Å². The van der Waals surface area contributed by atoms with Crippen LogP contribution in [0.2, 0.25) is 0 Å². The van der Waals surface area contributed by atoms with Gasteiger partial charge < -0.3 is 14.2 Å². The second kappa shape index (κ2) is 6.38. The van der Waals surface area contributed by atoms with E-state index in [1.807, 2.05) is 37.3 Å². The quantitative estimate of drug-likeness (QED) is 0.782. The van der Waals surface area contributed by atoms with Crippen molar-refractivity contribution in [2.24, 2.45) is 0 Å². The van der Waals surface area contributed by atoms with Gasteiger partial charge in [0.2, 0.25) is 0 Å². The van der Waals surface area contributed by atoms with E-state index >= 15 is 0 Å². The predicted molar refractivity (Wildman–Crippen MR) is 70.3 cm³/mol. The van der Waals surface area contributed by atoms with Crippen LogP contribution in [-0.2, 0) is 25.6 Å². The van der Waals surface area contributed by atoms with Crippen molar-refractivity contribution in [1.82, 2.24) is 0 Å². The molecule has 0 N–H and O–H groups in total. The molecule has 1 aromatic rings. The summed E-state index contributed by atoms with van der Waals surface area (Å²) in [5.41, 5.74) is 1.07. The van der Waals surface area contributed by atoms with Crippen LogP contribution in [0.15, 0.2) is 42.7 Å². The van der Waals surface area contributed by atoms with Gasteiger partial charge in [0.1, 0.15) is 12.2 Å². The summed E-state index contributed by atoms with van der Waals surface area (Å²) in [4.78, 5) is 11.1. The van der Waals surface area contributed by atoms with E-state index in [1.54, 1.807) is 12.3 Å². The van der Waals surface area contributed by atoms with Gasteiger partial charge >= 0.3 is 5.97 Å². The van der Waals surface area contributed by atoms with Crippen molar-refractivity contribution in [3.63, 3.8) is 0 Å². The highest BCUT2D eigenvalue weighted by molar-refractivity contribution is 5.66. The van der Waals surface area contributed by atoms with Gasteiger partial charge in [0, 0.05) is 6.92 Å². The molecule has 1 heterocycles. The molecular formula is C15H18O4. The lowest BCUT2D eigenvalue weighted by Gasteiger charge is -2.32. The maximum Gasteiger partial charge on any atom is 0.303 e. The SMILES string of the molecule is CC(=O)O[C@@H]1C=CO[C@@H](C)[C@@H]1OCc1ccccc1. The highest BCUT2D eigenvalue weighted by atomic mass is 16.6. The molecule has 0 bridgehead atoms. The summed E-state index contributed by atoms with van der Waals surface area (Å²) in [5, 5.41) is 0. The minimum Gasteiger partial charge on any atom is -0.496 e. The molecule has 1 aliphatic rings. The van der Waals surface area contributed by atoms with Gasteiger partial charge in [-0.15, -0.1) is 0 Å². The van der Waals surface area contributed by atoms with E-state index in [0.29, 0.717) is 6.61 Å². The van der Waals surface area contributed by atoms with E-state index in [-0.39, 0.29) is 18.2 Å². The van der Waals surface area contributed by atoms with E-state index in [0.717, 1.165) is 5.56 Å². The summed E-state index contributed by atoms with van der Waals surface area (Å²) < 4.78 is 16.5. The molecule has 2 rings (SSSR count). The average molecular weight is 262 g/mol. The normalized spacial score (nSPS) is 25.7. The Bertz CT molecular complexity index is 441. The maximum atomic E-state index is 11.1. The third-order valence-electron chi connectivity index (χ3n) is 2.94. The van der Waals surface area contributed by atoms with Crippen molar-refractivity contribution in [2.45, 2.75) is 38.8 Å². The van der Waals surface area contributed by atoms with E-state index in [4.69, 9.17) is 14.2 Å². The average Bonchev–Trinajstić information content (AvgIpc) is 2.38. The molecule has 1 aliphatic heterocycles. The molecule has 0 saturated carbocycles. The van der Waals surface area contributed by atoms with Crippen molar-refractivity contribution in [2.75, 3.05) is 0 Å². The highest BCUT2D eigenvalue weighted by Crippen LogP contribution is 2.20. The standard InChI is InChI=1S/C15H18O4/c1-11-15(14(8-9-17-11)19-12(2)16)18-10-13-6-4-3-5-7-13/h3-9,11,14-15H,10H2,1-2H3/t11-,14+,15-/m0/s1. The van der Waals surface area contributed by atoms with E-state index in [2.05, 4.69) is 0 Å². The summed E-state index contributed by atoms with van der Waals surface area (Å²) in [6.45, 7) is 3.75. The lowest BCUT2D eigenvalue weighted by Crippen LogP contribution is -2.42. The second-order valence-corrected chi connectivity index (χ2v) is 4.51. The number of carbonyl (C=O) groups is 1. The Morgan fingerprint density at radius 3 is 2.74 bits per heavy atom. The molecule has 0 aliphatic carbocycles. The lowest BCUT2D eigenvalue weighted by molar-refractivity contribution is -0.161. The van der Waals surface area contributed by atoms with E-state index < -0.39 is 6.10 Å². The van der Waals surface area contributed by atoms with Crippen molar-refractivity contribution >= 4 is 5.97 Å². The summed E-state index contributed by atoms with van der Waals surface area (Å²) in [6, 6.07) is 9.86. The van der Waals surface area contributed by atoms with Crippen molar-refractivity contribution in [3.8, 4) is 0 Å². The van der Waals surface area contributed by atoms with Crippen LogP contribution >= 0.6 is 0 Å². The number of ether oxygens (including phenoxy) is 3. The van der Waals surface area contributed by atoms with Gasteiger partial charge in [-0.1, -0.05) is 30.3 Å². The Hall–Kier alpha value is -1.81. The minimum atomic E-state index is -0.398. The molecule has 0 fully saturated rings. The molecule has 102 valence electrons. The number of hydrogen-bond donors (Lipinski definition) is 0. The number of benzene rings is 1. The monoisotopic (exact) mass is 262 g/mol. The molecule has 1 aromatic carbocycles. The van der Waals surface area contributed by atoms with Crippen LogP contribution in [0.5, 0.6) is 0 Å². The zero-order valence-electron chi connectivity index (χ0n) is 11.1. The van der Waals surface area contributed by atoms with Gasteiger partial charge in [0.05, 0.1) is 12.9 Å². The Balaban J connectivity index is 1.98. The smallest absolute Gasteiger partial charge is 0.303 e. The molecule has 0 spiro atoms. The van der Waals surface area contributed by atoms with E-state index in [1.165, 1.54) is 6.92 Å². The van der Waals surface area contributed by atoms with Crippen LogP contribution in [0.1, 0.15) is 19.4 Å². The molecule has 0 radical (unpaired) electrons. The second-order valence-electron chi connectivity index (χ2n) is 4.51. The van der Waals surface area contributed by atoms with Crippen LogP contribution in [0.4, 0.5) is 0 Å². The topological polar surface area (TPSA) is 44.8 Å². The first-order valence-corrected chi connectivity index (χ1v) is 6.31. The molecule has 0 aromatic heterocycles.